The first-order valence-corrected chi connectivity index (χ1v) is 9.61. The van der Waals surface area contributed by atoms with Gasteiger partial charge in [-0.3, -0.25) is 4.79 Å². The number of rotatable bonds is 8. The average molecular weight is 360 g/mol. The monoisotopic (exact) mass is 360 g/mol. The van der Waals surface area contributed by atoms with Crippen LogP contribution in [-0.4, -0.2) is 33.5 Å². The van der Waals surface area contributed by atoms with Crippen molar-refractivity contribution in [3.05, 3.63) is 60.2 Å². The number of carbonyl (C=O) groups is 1. The fourth-order valence-electron chi connectivity index (χ4n) is 2.25. The molecule has 2 aromatic carbocycles. The highest BCUT2D eigenvalue weighted by atomic mass is 32.2. The molecule has 0 heterocycles. The molecule has 1 amide bonds. The number of ether oxygens (including phenoxy) is 1. The molecule has 0 saturated heterocycles. The Morgan fingerprint density at radius 3 is 2.56 bits per heavy atom. The second-order valence-electron chi connectivity index (χ2n) is 5.84. The van der Waals surface area contributed by atoms with Crippen molar-refractivity contribution in [3.8, 4) is 5.75 Å². The number of nitrogens with one attached hydrogen (secondary N) is 2. The molecule has 0 radical (unpaired) electrons. The molecule has 0 aliphatic heterocycles. The first-order chi connectivity index (χ1) is 12.0. The molecule has 1 aliphatic rings. The van der Waals surface area contributed by atoms with Crippen LogP contribution in [0.2, 0.25) is 0 Å². The summed E-state index contributed by atoms with van der Waals surface area (Å²) in [4.78, 5) is 12.3. The summed E-state index contributed by atoms with van der Waals surface area (Å²) in [5, 5.41) is 2.72. The maximum absolute atomic E-state index is 12.2. The van der Waals surface area contributed by atoms with Crippen molar-refractivity contribution in [2.75, 3.05) is 13.2 Å². The normalized spacial score (nSPS) is 14.1. The van der Waals surface area contributed by atoms with Gasteiger partial charge >= 0.3 is 0 Å². The minimum Gasteiger partial charge on any atom is -0.492 e. The molecular formula is C18H20N2O4S. The smallest absolute Gasteiger partial charge is 0.251 e. The van der Waals surface area contributed by atoms with Gasteiger partial charge in [-0.2, -0.15) is 0 Å². The summed E-state index contributed by atoms with van der Waals surface area (Å²) in [5.74, 6) is 0.399. The summed E-state index contributed by atoms with van der Waals surface area (Å²) in [6.07, 6.45) is 1.72. The third-order valence-corrected chi connectivity index (χ3v) is 5.22. The van der Waals surface area contributed by atoms with Gasteiger partial charge in [0.25, 0.3) is 5.91 Å². The molecule has 0 atom stereocenters. The van der Waals surface area contributed by atoms with Gasteiger partial charge in [-0.1, -0.05) is 24.3 Å². The second-order valence-corrected chi connectivity index (χ2v) is 7.55. The summed E-state index contributed by atoms with van der Waals surface area (Å²) in [6.45, 7) is 0.655. The minimum atomic E-state index is -3.57. The summed E-state index contributed by atoms with van der Waals surface area (Å²) < 4.78 is 32.5. The van der Waals surface area contributed by atoms with Crippen LogP contribution in [0.5, 0.6) is 5.75 Å². The Kier molecular flexibility index (Phi) is 5.35. The van der Waals surface area contributed by atoms with Gasteiger partial charge in [-0.25, -0.2) is 13.1 Å². The summed E-state index contributed by atoms with van der Waals surface area (Å²) in [6, 6.07) is 15.4. The van der Waals surface area contributed by atoms with E-state index < -0.39 is 10.0 Å². The Hall–Kier alpha value is -2.38. The van der Waals surface area contributed by atoms with Gasteiger partial charge in [0.15, 0.2) is 0 Å². The van der Waals surface area contributed by atoms with Crippen LogP contribution in [0.25, 0.3) is 0 Å². The van der Waals surface area contributed by atoms with E-state index in [0.717, 1.165) is 18.6 Å². The SMILES string of the molecule is O=C(NCCOc1ccccc1)c1cccc(S(=O)(=O)NC2CC2)c1. The van der Waals surface area contributed by atoms with E-state index in [-0.39, 0.29) is 16.8 Å². The number of amides is 1. The molecular weight excluding hydrogens is 340 g/mol. The number of carbonyl (C=O) groups excluding carboxylic acids is 1. The van der Waals surface area contributed by atoms with E-state index >= 15 is 0 Å². The van der Waals surface area contributed by atoms with Crippen molar-refractivity contribution in [2.45, 2.75) is 23.8 Å². The lowest BCUT2D eigenvalue weighted by Crippen LogP contribution is -2.29. The van der Waals surface area contributed by atoms with Crippen LogP contribution < -0.4 is 14.8 Å². The van der Waals surface area contributed by atoms with E-state index in [9.17, 15) is 13.2 Å². The fraction of sp³-hybridized carbons (Fsp3) is 0.278. The molecule has 0 bridgehead atoms. The first-order valence-electron chi connectivity index (χ1n) is 8.13. The van der Waals surface area contributed by atoms with Crippen molar-refractivity contribution >= 4 is 15.9 Å². The highest BCUT2D eigenvalue weighted by Gasteiger charge is 2.28. The van der Waals surface area contributed by atoms with Crippen LogP contribution in [0.1, 0.15) is 23.2 Å². The van der Waals surface area contributed by atoms with Gasteiger partial charge in [-0.15, -0.1) is 0 Å². The lowest BCUT2D eigenvalue weighted by atomic mass is 10.2. The Morgan fingerprint density at radius 2 is 1.84 bits per heavy atom. The number of hydrogen-bond acceptors (Lipinski definition) is 4. The molecule has 6 nitrogen and oxygen atoms in total. The molecule has 132 valence electrons. The lowest BCUT2D eigenvalue weighted by Gasteiger charge is -2.09. The third kappa shape index (κ3) is 5.04. The standard InChI is InChI=1S/C18H20N2O4S/c21-18(19-11-12-24-16-6-2-1-3-7-16)14-5-4-8-17(13-14)25(22,23)20-15-9-10-15/h1-8,13,15,20H,9-12H2,(H,19,21). The van der Waals surface area contributed by atoms with Crippen molar-refractivity contribution in [2.24, 2.45) is 0 Å². The van der Waals surface area contributed by atoms with Gasteiger partial charge in [0, 0.05) is 11.6 Å². The quantitative estimate of drug-likeness (QED) is 0.705. The zero-order valence-corrected chi connectivity index (χ0v) is 14.5. The van der Waals surface area contributed by atoms with Crippen LogP contribution in [0, 0.1) is 0 Å². The lowest BCUT2D eigenvalue weighted by molar-refractivity contribution is 0.0947. The molecule has 25 heavy (non-hydrogen) atoms. The Labute approximate surface area is 147 Å². The number of sulfonamides is 1. The number of benzene rings is 2. The molecule has 7 heteroatoms. The van der Waals surface area contributed by atoms with Gasteiger partial charge < -0.3 is 10.1 Å². The van der Waals surface area contributed by atoms with Crippen molar-refractivity contribution in [3.63, 3.8) is 0 Å². The molecule has 0 unspecified atom stereocenters. The second kappa shape index (κ2) is 7.67. The Morgan fingerprint density at radius 1 is 1.08 bits per heavy atom. The van der Waals surface area contributed by atoms with E-state index in [0.29, 0.717) is 18.7 Å². The highest BCUT2D eigenvalue weighted by molar-refractivity contribution is 7.89. The van der Waals surface area contributed by atoms with E-state index in [1.807, 2.05) is 30.3 Å². The third-order valence-electron chi connectivity index (χ3n) is 3.71. The summed E-state index contributed by atoms with van der Waals surface area (Å²) >= 11 is 0. The van der Waals surface area contributed by atoms with Gasteiger partial charge in [0.05, 0.1) is 11.4 Å². The molecule has 1 saturated carbocycles. The first kappa shape index (κ1) is 17.4. The zero-order valence-electron chi connectivity index (χ0n) is 13.6. The molecule has 1 aliphatic carbocycles. The molecule has 0 spiro atoms. The van der Waals surface area contributed by atoms with E-state index in [1.165, 1.54) is 12.1 Å². The largest absolute Gasteiger partial charge is 0.492 e. The van der Waals surface area contributed by atoms with Gasteiger partial charge in [-0.05, 0) is 43.2 Å². The fourth-order valence-corrected chi connectivity index (χ4v) is 3.60. The van der Waals surface area contributed by atoms with E-state index in [2.05, 4.69) is 10.0 Å². The summed E-state index contributed by atoms with van der Waals surface area (Å²) in [7, 11) is -3.57. The van der Waals surface area contributed by atoms with Crippen LogP contribution >= 0.6 is 0 Å². The topological polar surface area (TPSA) is 84.5 Å². The molecule has 3 rings (SSSR count). The van der Waals surface area contributed by atoms with Crippen LogP contribution in [0.15, 0.2) is 59.5 Å². The van der Waals surface area contributed by atoms with E-state index in [1.54, 1.807) is 12.1 Å². The van der Waals surface area contributed by atoms with Crippen LogP contribution in [0.4, 0.5) is 0 Å². The maximum atomic E-state index is 12.2. The molecule has 1 fully saturated rings. The van der Waals surface area contributed by atoms with Crippen molar-refractivity contribution < 1.29 is 17.9 Å². The zero-order chi connectivity index (χ0) is 17.7. The predicted molar refractivity (Wildman–Crippen MR) is 94.1 cm³/mol. The summed E-state index contributed by atoms with van der Waals surface area (Å²) in [5.41, 5.74) is 0.304. The van der Waals surface area contributed by atoms with E-state index in [4.69, 9.17) is 4.74 Å². The average Bonchev–Trinajstić information content (AvgIpc) is 3.43. The predicted octanol–water partition coefficient (Wildman–Crippen LogP) is 1.94. The maximum Gasteiger partial charge on any atom is 0.251 e. The van der Waals surface area contributed by atoms with Crippen LogP contribution in [-0.2, 0) is 10.0 Å². The van der Waals surface area contributed by atoms with Gasteiger partial charge in [0.1, 0.15) is 12.4 Å². The number of para-hydroxylation sites is 1. The van der Waals surface area contributed by atoms with Crippen molar-refractivity contribution in [1.29, 1.82) is 0 Å². The van der Waals surface area contributed by atoms with Gasteiger partial charge in [0.2, 0.25) is 10.0 Å². The Balaban J connectivity index is 1.54. The molecule has 0 aromatic heterocycles. The number of hydrogen-bond donors (Lipinski definition) is 2. The minimum absolute atomic E-state index is 0.0256. The highest BCUT2D eigenvalue weighted by Crippen LogP contribution is 2.22. The Bertz CT molecular complexity index is 833. The molecule has 2 N–H and O–H groups in total. The molecule has 2 aromatic rings. The van der Waals surface area contributed by atoms with Crippen LogP contribution in [0.3, 0.4) is 0 Å². The van der Waals surface area contributed by atoms with Crippen molar-refractivity contribution in [1.82, 2.24) is 10.0 Å².